The third-order valence-corrected chi connectivity index (χ3v) is 2.77. The van der Waals surface area contributed by atoms with E-state index in [0.29, 0.717) is 17.4 Å². The summed E-state index contributed by atoms with van der Waals surface area (Å²) in [5, 5.41) is 12.6. The Balaban J connectivity index is 2.08. The highest BCUT2D eigenvalue weighted by atomic mass is 16.5. The van der Waals surface area contributed by atoms with Gasteiger partial charge in [0.05, 0.1) is 5.71 Å². The number of nitrogens with zero attached hydrogens (tertiary/aromatic N) is 3. The number of anilines is 1. The number of rotatable bonds is 5. The zero-order valence-electron chi connectivity index (χ0n) is 12.3. The molecule has 0 bridgehead atoms. The van der Waals surface area contributed by atoms with Crippen LogP contribution in [0.25, 0.3) is 0 Å². The Bertz CT molecular complexity index is 772. The van der Waals surface area contributed by atoms with E-state index < -0.39 is 0 Å². The maximum Gasteiger partial charge on any atom is 0.252 e. The Morgan fingerprint density at radius 2 is 2.18 bits per heavy atom. The summed E-state index contributed by atoms with van der Waals surface area (Å²) in [5.41, 5.74) is 4.70. The van der Waals surface area contributed by atoms with E-state index in [1.807, 2.05) is 25.1 Å². The minimum absolute atomic E-state index is 0.0143. The van der Waals surface area contributed by atoms with Crippen molar-refractivity contribution in [1.82, 2.24) is 9.97 Å². The second kappa shape index (κ2) is 7.04. The van der Waals surface area contributed by atoms with Gasteiger partial charge in [-0.25, -0.2) is 10.4 Å². The normalized spacial score (nSPS) is 10.9. The van der Waals surface area contributed by atoms with Gasteiger partial charge in [0.1, 0.15) is 11.8 Å². The van der Waals surface area contributed by atoms with E-state index in [2.05, 4.69) is 20.5 Å². The summed E-state index contributed by atoms with van der Waals surface area (Å²) in [4.78, 5) is 18.0. The monoisotopic (exact) mass is 297 g/mol. The zero-order chi connectivity index (χ0) is 15.9. The predicted molar refractivity (Wildman–Crippen MR) is 83.0 cm³/mol. The van der Waals surface area contributed by atoms with Gasteiger partial charge in [-0.05, 0) is 43.7 Å². The Labute approximate surface area is 127 Å². The molecule has 7 heteroatoms. The first-order valence-electron chi connectivity index (χ1n) is 6.57. The Morgan fingerprint density at radius 1 is 1.45 bits per heavy atom. The number of hydrogen-bond acceptors (Lipinski definition) is 6. The molecule has 0 fully saturated rings. The quantitative estimate of drug-likeness (QED) is 0.647. The van der Waals surface area contributed by atoms with Crippen LogP contribution in [-0.4, -0.2) is 22.3 Å². The Morgan fingerprint density at radius 3 is 2.82 bits per heavy atom. The lowest BCUT2D eigenvalue weighted by Gasteiger charge is -2.05. The van der Waals surface area contributed by atoms with Crippen LogP contribution in [0, 0.1) is 18.3 Å². The van der Waals surface area contributed by atoms with Crippen LogP contribution in [0.3, 0.4) is 0 Å². The summed E-state index contributed by atoms with van der Waals surface area (Å²) in [6.07, 6.45) is 0. The van der Waals surface area contributed by atoms with Crippen molar-refractivity contribution < 1.29 is 4.74 Å². The van der Waals surface area contributed by atoms with Crippen molar-refractivity contribution in [3.05, 3.63) is 51.9 Å². The van der Waals surface area contributed by atoms with Gasteiger partial charge in [-0.3, -0.25) is 9.78 Å². The van der Waals surface area contributed by atoms with Gasteiger partial charge in [0.2, 0.25) is 5.95 Å². The number of H-pyrrole nitrogens is 1. The van der Waals surface area contributed by atoms with Gasteiger partial charge >= 0.3 is 0 Å². The van der Waals surface area contributed by atoms with Crippen LogP contribution in [0.15, 0.2) is 40.2 Å². The third-order valence-electron chi connectivity index (χ3n) is 2.77. The standard InChI is InChI=1S/C15H15N5O2/c1-10-9-14(21)18-15(17-10)20-19-11(2)12-3-5-13(6-4-12)22-8-7-16/h3-6,9H,8H2,1-2H3,(H2,17,18,20,21)/b19-11-. The molecule has 0 atom stereocenters. The lowest BCUT2D eigenvalue weighted by Crippen LogP contribution is -2.11. The summed E-state index contributed by atoms with van der Waals surface area (Å²) in [6.45, 7) is 3.57. The molecule has 0 spiro atoms. The smallest absolute Gasteiger partial charge is 0.252 e. The van der Waals surface area contributed by atoms with Gasteiger partial charge in [-0.2, -0.15) is 10.4 Å². The van der Waals surface area contributed by atoms with E-state index in [-0.39, 0.29) is 12.2 Å². The van der Waals surface area contributed by atoms with Crippen LogP contribution in [-0.2, 0) is 0 Å². The molecule has 1 aromatic heterocycles. The minimum Gasteiger partial charge on any atom is -0.479 e. The molecule has 0 radical (unpaired) electrons. The highest BCUT2D eigenvalue weighted by Gasteiger charge is 2.00. The summed E-state index contributed by atoms with van der Waals surface area (Å²) >= 11 is 0. The number of aromatic nitrogens is 2. The fraction of sp³-hybridized carbons (Fsp3) is 0.200. The van der Waals surface area contributed by atoms with Gasteiger partial charge in [0.15, 0.2) is 6.61 Å². The largest absolute Gasteiger partial charge is 0.479 e. The molecule has 0 unspecified atom stereocenters. The maximum atomic E-state index is 11.3. The van der Waals surface area contributed by atoms with Crippen molar-refractivity contribution >= 4 is 11.7 Å². The lowest BCUT2D eigenvalue weighted by atomic mass is 10.1. The molecule has 0 saturated carbocycles. The predicted octanol–water partition coefficient (Wildman–Crippen LogP) is 1.82. The summed E-state index contributed by atoms with van der Waals surface area (Å²) in [6, 6.07) is 10.5. The average Bonchev–Trinajstić information content (AvgIpc) is 2.50. The molecular weight excluding hydrogens is 282 g/mol. The van der Waals surface area contributed by atoms with E-state index >= 15 is 0 Å². The number of nitriles is 1. The molecule has 2 rings (SSSR count). The van der Waals surface area contributed by atoms with Crippen molar-refractivity contribution in [3.63, 3.8) is 0 Å². The molecule has 112 valence electrons. The zero-order valence-corrected chi connectivity index (χ0v) is 12.3. The summed E-state index contributed by atoms with van der Waals surface area (Å²) in [7, 11) is 0. The van der Waals surface area contributed by atoms with E-state index in [0.717, 1.165) is 11.3 Å². The van der Waals surface area contributed by atoms with Crippen molar-refractivity contribution in [2.45, 2.75) is 13.8 Å². The number of hydrazone groups is 1. The van der Waals surface area contributed by atoms with Crippen molar-refractivity contribution in [3.8, 4) is 11.8 Å². The molecule has 0 amide bonds. The van der Waals surface area contributed by atoms with E-state index in [9.17, 15) is 4.79 Å². The second-order valence-corrected chi connectivity index (χ2v) is 4.52. The first-order chi connectivity index (χ1) is 10.6. The van der Waals surface area contributed by atoms with Crippen LogP contribution in [0.4, 0.5) is 5.95 Å². The molecule has 22 heavy (non-hydrogen) atoms. The van der Waals surface area contributed by atoms with Gasteiger partial charge in [-0.1, -0.05) is 0 Å². The highest BCUT2D eigenvalue weighted by Crippen LogP contribution is 2.12. The fourth-order valence-electron chi connectivity index (χ4n) is 1.74. The highest BCUT2D eigenvalue weighted by molar-refractivity contribution is 5.99. The van der Waals surface area contributed by atoms with Crippen LogP contribution < -0.4 is 15.7 Å². The molecule has 2 N–H and O–H groups in total. The number of aryl methyl sites for hydroxylation is 1. The number of aromatic amines is 1. The summed E-state index contributed by atoms with van der Waals surface area (Å²) in [5.74, 6) is 0.911. The van der Waals surface area contributed by atoms with E-state index in [4.69, 9.17) is 10.00 Å². The van der Waals surface area contributed by atoms with Crippen molar-refractivity contribution in [2.75, 3.05) is 12.0 Å². The van der Waals surface area contributed by atoms with Gasteiger partial charge in [0, 0.05) is 11.8 Å². The SMILES string of the molecule is C/C(=N/Nc1nc(C)cc(=O)[nH]1)c1ccc(OCC#N)cc1. The fourth-order valence-corrected chi connectivity index (χ4v) is 1.74. The van der Waals surface area contributed by atoms with Crippen LogP contribution in [0.5, 0.6) is 5.75 Å². The summed E-state index contributed by atoms with van der Waals surface area (Å²) < 4.78 is 5.18. The molecule has 0 aliphatic heterocycles. The Hall–Kier alpha value is -3.14. The molecule has 2 aromatic rings. The first-order valence-corrected chi connectivity index (χ1v) is 6.57. The minimum atomic E-state index is -0.234. The number of nitrogens with one attached hydrogen (secondary N) is 2. The molecule has 1 aromatic carbocycles. The van der Waals surface area contributed by atoms with Crippen molar-refractivity contribution in [2.24, 2.45) is 5.10 Å². The van der Waals surface area contributed by atoms with Gasteiger partial charge in [0.25, 0.3) is 5.56 Å². The molecule has 7 nitrogen and oxygen atoms in total. The number of ether oxygens (including phenoxy) is 1. The number of hydrogen-bond donors (Lipinski definition) is 2. The van der Waals surface area contributed by atoms with Gasteiger partial charge < -0.3 is 4.74 Å². The maximum absolute atomic E-state index is 11.3. The molecule has 0 aliphatic carbocycles. The van der Waals surface area contributed by atoms with E-state index in [1.165, 1.54) is 6.07 Å². The van der Waals surface area contributed by atoms with Crippen LogP contribution >= 0.6 is 0 Å². The number of benzene rings is 1. The van der Waals surface area contributed by atoms with Crippen LogP contribution in [0.2, 0.25) is 0 Å². The van der Waals surface area contributed by atoms with Crippen molar-refractivity contribution in [1.29, 1.82) is 5.26 Å². The van der Waals surface area contributed by atoms with Gasteiger partial charge in [-0.15, -0.1) is 0 Å². The molecule has 0 aliphatic rings. The first kappa shape index (κ1) is 15.3. The van der Waals surface area contributed by atoms with Crippen LogP contribution in [0.1, 0.15) is 18.2 Å². The average molecular weight is 297 g/mol. The molecular formula is C15H15N5O2. The lowest BCUT2D eigenvalue weighted by molar-refractivity contribution is 0.368. The van der Waals surface area contributed by atoms with E-state index in [1.54, 1.807) is 19.1 Å². The Kier molecular flexibility index (Phi) is 4.88. The second-order valence-electron chi connectivity index (χ2n) is 4.52. The third kappa shape index (κ3) is 4.18. The topological polar surface area (TPSA) is 103 Å². The molecule has 1 heterocycles. The molecule has 0 saturated heterocycles.